The van der Waals surface area contributed by atoms with E-state index in [1.807, 2.05) is 11.0 Å². The van der Waals surface area contributed by atoms with Gasteiger partial charge in [-0.3, -0.25) is 14.0 Å². The van der Waals surface area contributed by atoms with E-state index in [2.05, 4.69) is 11.9 Å². The number of fused-ring (bicyclic) bond motifs is 2. The normalized spacial score (nSPS) is 16.0. The van der Waals surface area contributed by atoms with Gasteiger partial charge in [-0.05, 0) is 25.1 Å². The van der Waals surface area contributed by atoms with Crippen molar-refractivity contribution in [3.63, 3.8) is 0 Å². The van der Waals surface area contributed by atoms with Gasteiger partial charge >= 0.3 is 0 Å². The summed E-state index contributed by atoms with van der Waals surface area (Å²) in [5.74, 6) is -0.0240. The number of likely N-dealkylation sites (N-methyl/N-ethyl adjacent to an activating group) is 1. The van der Waals surface area contributed by atoms with Crippen LogP contribution in [0, 0.1) is 0 Å². The molecule has 3 aromatic heterocycles. The van der Waals surface area contributed by atoms with Gasteiger partial charge in [0.25, 0.3) is 11.5 Å². The van der Waals surface area contributed by atoms with Crippen LogP contribution in [0.2, 0.25) is 0 Å². The smallest absolute Gasteiger partial charge is 0.270 e. The van der Waals surface area contributed by atoms with Gasteiger partial charge in [-0.1, -0.05) is 6.07 Å². The number of carbonyl (C=O) groups excluding carboxylic acids is 1. The summed E-state index contributed by atoms with van der Waals surface area (Å²) in [6, 6.07) is 7.12. The number of hydrogen-bond acceptors (Lipinski definition) is 3. The Hall–Kier alpha value is -2.67. The minimum Gasteiger partial charge on any atom is -0.332 e. The fraction of sp³-hybridized carbons (Fsp3) is 0.389. The number of nitrogens with one attached hydrogen (secondary N) is 1. The molecule has 1 aliphatic rings. The molecule has 0 unspecified atom stereocenters. The summed E-state index contributed by atoms with van der Waals surface area (Å²) in [5.41, 5.74) is 1.52. The van der Waals surface area contributed by atoms with Crippen molar-refractivity contribution >= 4 is 22.6 Å². The molecular formula is C18H22N5O2+. The molecule has 1 fully saturated rings. The van der Waals surface area contributed by atoms with E-state index in [0.29, 0.717) is 22.4 Å². The summed E-state index contributed by atoms with van der Waals surface area (Å²) in [7, 11) is 1.80. The number of carbonyl (C=O) groups is 1. The fourth-order valence-corrected chi connectivity index (χ4v) is 3.57. The second-order valence-electron chi connectivity index (χ2n) is 6.57. The van der Waals surface area contributed by atoms with Crippen LogP contribution in [0.3, 0.4) is 0 Å². The SMILES string of the molecule is CC[NH+]1CCN(C(=O)c2cc3c(=O)n4ccccc4nc3n2C)CC1. The highest BCUT2D eigenvalue weighted by molar-refractivity contribution is 5.98. The second kappa shape index (κ2) is 6.00. The third-order valence-corrected chi connectivity index (χ3v) is 5.19. The van der Waals surface area contributed by atoms with Crippen LogP contribution in [0.5, 0.6) is 0 Å². The minimum absolute atomic E-state index is 0.0240. The van der Waals surface area contributed by atoms with Crippen LogP contribution < -0.4 is 10.5 Å². The summed E-state index contributed by atoms with van der Waals surface area (Å²) in [6.07, 6.45) is 1.70. The first kappa shape index (κ1) is 15.8. The largest absolute Gasteiger partial charge is 0.332 e. The molecule has 0 bridgehead atoms. The Labute approximate surface area is 145 Å². The zero-order valence-corrected chi connectivity index (χ0v) is 14.5. The average molecular weight is 340 g/mol. The molecule has 7 nitrogen and oxygen atoms in total. The van der Waals surface area contributed by atoms with Crippen LogP contribution in [0.15, 0.2) is 35.3 Å². The van der Waals surface area contributed by atoms with E-state index in [-0.39, 0.29) is 11.5 Å². The van der Waals surface area contributed by atoms with Gasteiger partial charge in [0.2, 0.25) is 0 Å². The molecule has 0 atom stereocenters. The van der Waals surface area contributed by atoms with Crippen LogP contribution in [-0.2, 0) is 7.05 Å². The first-order chi connectivity index (χ1) is 12.1. The molecule has 4 rings (SSSR count). The van der Waals surface area contributed by atoms with Crippen molar-refractivity contribution < 1.29 is 9.69 Å². The van der Waals surface area contributed by atoms with Crippen LogP contribution in [-0.4, -0.2) is 57.5 Å². The summed E-state index contributed by atoms with van der Waals surface area (Å²) < 4.78 is 3.26. The molecule has 1 amide bonds. The first-order valence-electron chi connectivity index (χ1n) is 8.70. The summed E-state index contributed by atoms with van der Waals surface area (Å²) in [4.78, 5) is 33.6. The number of nitrogens with zero attached hydrogens (tertiary/aromatic N) is 4. The van der Waals surface area contributed by atoms with Gasteiger partial charge in [-0.15, -0.1) is 0 Å². The lowest BCUT2D eigenvalue weighted by Crippen LogP contribution is -3.14. The summed E-state index contributed by atoms with van der Waals surface area (Å²) >= 11 is 0. The summed E-state index contributed by atoms with van der Waals surface area (Å²) in [5, 5.41) is 0.479. The highest BCUT2D eigenvalue weighted by Gasteiger charge is 2.26. The van der Waals surface area contributed by atoms with Crippen molar-refractivity contribution in [3.05, 3.63) is 46.5 Å². The Kier molecular flexibility index (Phi) is 3.80. The highest BCUT2D eigenvalue weighted by Crippen LogP contribution is 2.16. The van der Waals surface area contributed by atoms with E-state index < -0.39 is 0 Å². The first-order valence-corrected chi connectivity index (χ1v) is 8.70. The number of rotatable bonds is 2. The maximum absolute atomic E-state index is 12.9. The lowest BCUT2D eigenvalue weighted by Gasteiger charge is -2.31. The van der Waals surface area contributed by atoms with Gasteiger partial charge in [-0.2, -0.15) is 0 Å². The topological polar surface area (TPSA) is 64.1 Å². The van der Waals surface area contributed by atoms with Gasteiger partial charge in [0.15, 0.2) is 0 Å². The standard InChI is InChI=1S/C18H21N5O2/c1-3-21-8-10-22(11-9-21)18(25)14-12-13-16(20(14)2)19-15-6-4-5-7-23(15)17(13)24/h4-7,12H,3,8-11H2,1-2H3/p+1. The van der Waals surface area contributed by atoms with Gasteiger partial charge in [0.1, 0.15) is 17.0 Å². The number of piperazine rings is 1. The number of aryl methyl sites for hydroxylation is 1. The number of pyridine rings is 1. The molecule has 0 spiro atoms. The number of hydrogen-bond donors (Lipinski definition) is 1. The van der Waals surface area contributed by atoms with E-state index in [9.17, 15) is 9.59 Å². The lowest BCUT2D eigenvalue weighted by molar-refractivity contribution is -0.902. The minimum atomic E-state index is -0.143. The Bertz CT molecular complexity index is 1010. The molecule has 0 aromatic carbocycles. The van der Waals surface area contributed by atoms with E-state index in [4.69, 9.17) is 0 Å². The maximum Gasteiger partial charge on any atom is 0.270 e. The maximum atomic E-state index is 12.9. The molecule has 0 radical (unpaired) electrons. The predicted molar refractivity (Wildman–Crippen MR) is 95.1 cm³/mol. The molecule has 0 aliphatic carbocycles. The molecule has 0 saturated carbocycles. The quantitative estimate of drug-likeness (QED) is 0.687. The van der Waals surface area contributed by atoms with E-state index >= 15 is 0 Å². The molecular weight excluding hydrogens is 318 g/mol. The third kappa shape index (κ3) is 2.51. The molecule has 130 valence electrons. The predicted octanol–water partition coefficient (Wildman–Crippen LogP) is -0.453. The molecule has 3 aromatic rings. The molecule has 7 heteroatoms. The Morgan fingerprint density at radius 3 is 2.76 bits per heavy atom. The van der Waals surface area contributed by atoms with Crippen LogP contribution in [0.1, 0.15) is 17.4 Å². The zero-order chi connectivity index (χ0) is 17.6. The second-order valence-corrected chi connectivity index (χ2v) is 6.57. The van der Waals surface area contributed by atoms with Crippen molar-refractivity contribution in [2.24, 2.45) is 7.05 Å². The van der Waals surface area contributed by atoms with E-state index in [1.54, 1.807) is 36.0 Å². The molecule has 1 N–H and O–H groups in total. The number of quaternary nitrogens is 1. The Balaban J connectivity index is 1.77. The van der Waals surface area contributed by atoms with Crippen molar-refractivity contribution in [2.45, 2.75) is 6.92 Å². The van der Waals surface area contributed by atoms with E-state index in [0.717, 1.165) is 32.7 Å². The monoisotopic (exact) mass is 340 g/mol. The van der Waals surface area contributed by atoms with Crippen molar-refractivity contribution in [2.75, 3.05) is 32.7 Å². The highest BCUT2D eigenvalue weighted by atomic mass is 16.2. The van der Waals surface area contributed by atoms with E-state index in [1.165, 1.54) is 9.30 Å². The lowest BCUT2D eigenvalue weighted by atomic mass is 10.2. The Morgan fingerprint density at radius 2 is 2.04 bits per heavy atom. The van der Waals surface area contributed by atoms with Crippen LogP contribution in [0.25, 0.3) is 16.7 Å². The molecule has 1 aliphatic heterocycles. The average Bonchev–Trinajstić information content (AvgIpc) is 2.98. The van der Waals surface area contributed by atoms with Gasteiger partial charge in [0.05, 0.1) is 38.1 Å². The fourth-order valence-electron chi connectivity index (χ4n) is 3.57. The van der Waals surface area contributed by atoms with Gasteiger partial charge < -0.3 is 14.4 Å². The summed E-state index contributed by atoms with van der Waals surface area (Å²) in [6.45, 7) is 6.69. The zero-order valence-electron chi connectivity index (χ0n) is 14.5. The molecule has 1 saturated heterocycles. The Morgan fingerprint density at radius 1 is 1.28 bits per heavy atom. The number of amides is 1. The van der Waals surface area contributed by atoms with Crippen LogP contribution in [0.4, 0.5) is 0 Å². The van der Waals surface area contributed by atoms with Crippen molar-refractivity contribution in [3.8, 4) is 0 Å². The van der Waals surface area contributed by atoms with Gasteiger partial charge in [0, 0.05) is 13.2 Å². The van der Waals surface area contributed by atoms with Crippen LogP contribution >= 0.6 is 0 Å². The van der Waals surface area contributed by atoms with Crippen molar-refractivity contribution in [1.82, 2.24) is 18.9 Å². The van der Waals surface area contributed by atoms with Gasteiger partial charge in [-0.25, -0.2) is 4.98 Å². The molecule has 25 heavy (non-hydrogen) atoms. The van der Waals surface area contributed by atoms with Crippen molar-refractivity contribution in [1.29, 1.82) is 0 Å². The third-order valence-electron chi connectivity index (χ3n) is 5.19. The number of aromatic nitrogens is 3. The molecule has 4 heterocycles.